The summed E-state index contributed by atoms with van der Waals surface area (Å²) in [6.07, 6.45) is 3.46. The van der Waals surface area contributed by atoms with Crippen molar-refractivity contribution in [1.29, 1.82) is 0 Å². The number of anilines is 2. The quantitative estimate of drug-likeness (QED) is 0.222. The molecule has 316 valence electrons. The van der Waals surface area contributed by atoms with Crippen LogP contribution in [0, 0.1) is 5.41 Å². The molecular formula is C43H47F3N8O6. The summed E-state index contributed by atoms with van der Waals surface area (Å²) in [4.78, 5) is 61.3. The lowest BCUT2D eigenvalue weighted by molar-refractivity contribution is -0.179. The summed E-state index contributed by atoms with van der Waals surface area (Å²) >= 11 is 0. The Labute approximate surface area is 343 Å². The number of carbonyl (C=O) groups is 2. The number of hydrogen-bond acceptors (Lipinski definition) is 10. The van der Waals surface area contributed by atoms with Crippen molar-refractivity contribution in [3.05, 3.63) is 75.2 Å². The Morgan fingerprint density at radius 3 is 2.27 bits per heavy atom. The lowest BCUT2D eigenvalue weighted by Gasteiger charge is -2.51. The van der Waals surface area contributed by atoms with E-state index in [1.807, 2.05) is 23.1 Å². The highest BCUT2D eigenvalue weighted by Crippen LogP contribution is 2.52. The van der Waals surface area contributed by atoms with Crippen molar-refractivity contribution in [1.82, 2.24) is 28.9 Å². The molecule has 1 spiro atoms. The van der Waals surface area contributed by atoms with Crippen molar-refractivity contribution in [2.24, 2.45) is 19.5 Å². The zero-order valence-corrected chi connectivity index (χ0v) is 34.0. The fourth-order valence-electron chi connectivity index (χ4n) is 9.79. The molecule has 0 bridgehead atoms. The minimum Gasteiger partial charge on any atom is -0.496 e. The molecule has 0 radical (unpaired) electrons. The predicted octanol–water partition coefficient (Wildman–Crippen LogP) is 4.53. The molecule has 7 heterocycles. The first-order chi connectivity index (χ1) is 28.7. The number of aryl methyl sites for hydroxylation is 2. The van der Waals surface area contributed by atoms with Crippen LogP contribution in [0.25, 0.3) is 32.9 Å². The Hall–Kier alpha value is -5.84. The third-order valence-electron chi connectivity index (χ3n) is 13.3. The number of imidazole rings is 1. The molecule has 9 rings (SSSR count). The average molecular weight is 829 g/mol. The third kappa shape index (κ3) is 6.39. The van der Waals surface area contributed by atoms with Crippen LogP contribution in [0.15, 0.2) is 58.4 Å². The molecule has 2 amide bonds. The summed E-state index contributed by atoms with van der Waals surface area (Å²) in [5.41, 5.74) is 2.12. The first kappa shape index (κ1) is 39.6. The normalized spacial score (nSPS) is 20.8. The van der Waals surface area contributed by atoms with E-state index < -0.39 is 36.0 Å². The van der Waals surface area contributed by atoms with Gasteiger partial charge in [0, 0.05) is 68.9 Å². The van der Waals surface area contributed by atoms with Gasteiger partial charge in [-0.25, -0.2) is 22.9 Å². The number of likely N-dealkylation sites (tertiary alicyclic amines) is 1. The van der Waals surface area contributed by atoms with Crippen molar-refractivity contribution in [3.63, 3.8) is 0 Å². The molecule has 4 aliphatic rings. The summed E-state index contributed by atoms with van der Waals surface area (Å²) < 4.78 is 63.1. The maximum Gasteiger partial charge on any atom is 0.329 e. The third-order valence-corrected chi connectivity index (χ3v) is 13.3. The number of carbonyl (C=O) groups excluding carboxylic acids is 2. The van der Waals surface area contributed by atoms with Gasteiger partial charge in [0.2, 0.25) is 11.8 Å². The van der Waals surface area contributed by atoms with Crippen LogP contribution in [0.5, 0.6) is 11.5 Å². The number of benzene rings is 2. The predicted molar refractivity (Wildman–Crippen MR) is 220 cm³/mol. The topological polar surface area (TPSA) is 136 Å². The summed E-state index contributed by atoms with van der Waals surface area (Å²) in [5.74, 6) is -2.41. The van der Waals surface area contributed by atoms with E-state index in [1.165, 1.54) is 34.1 Å². The molecule has 2 aromatic carbocycles. The van der Waals surface area contributed by atoms with Gasteiger partial charge in [0.15, 0.2) is 0 Å². The molecule has 1 N–H and O–H groups in total. The van der Waals surface area contributed by atoms with Gasteiger partial charge < -0.3 is 23.8 Å². The van der Waals surface area contributed by atoms with E-state index in [1.54, 1.807) is 43.4 Å². The molecule has 0 aliphatic carbocycles. The summed E-state index contributed by atoms with van der Waals surface area (Å²) in [6.45, 7) is 1.33. The van der Waals surface area contributed by atoms with Gasteiger partial charge in [-0.1, -0.05) is 6.07 Å². The summed E-state index contributed by atoms with van der Waals surface area (Å²) in [6, 6.07) is 10.1. The van der Waals surface area contributed by atoms with Gasteiger partial charge in [-0.05, 0) is 68.1 Å². The van der Waals surface area contributed by atoms with E-state index in [4.69, 9.17) is 9.47 Å². The second-order valence-corrected chi connectivity index (χ2v) is 16.7. The maximum absolute atomic E-state index is 16.6. The summed E-state index contributed by atoms with van der Waals surface area (Å²) in [5, 5.41) is 3.38. The number of ether oxygens (including phenoxy) is 2. The van der Waals surface area contributed by atoms with Crippen molar-refractivity contribution >= 4 is 45.1 Å². The zero-order chi connectivity index (χ0) is 42.2. The number of nitrogens with zero attached hydrogens (tertiary/aromatic N) is 7. The standard InChI is InChI=1S/C43H47F3N8O6/c1-49-22-29(27-18-36(53-20-26(44)21-53)47-19-28(27)40(49)57)25-16-34(59-3)30(35(17-25)60-4)23-51-13-10-42(43(45,46)24-51)11-14-52(15-12-42)31-6-5-7-32-38(31)50(2)41(58)54(32)33-8-9-37(55)48-39(33)56/h5-7,16-19,22,26,33H,8-15,20-21,23-24H2,1-4H3,(H,48,55,56). The number of pyridine rings is 2. The first-order valence-corrected chi connectivity index (χ1v) is 20.2. The second kappa shape index (κ2) is 14.7. The van der Waals surface area contributed by atoms with Crippen molar-refractivity contribution in [2.45, 2.75) is 56.8 Å². The van der Waals surface area contributed by atoms with Crippen molar-refractivity contribution < 1.29 is 32.2 Å². The highest BCUT2D eigenvalue weighted by Gasteiger charge is 2.57. The molecule has 4 aliphatic heterocycles. The number of imide groups is 1. The molecule has 60 heavy (non-hydrogen) atoms. The molecule has 1 unspecified atom stereocenters. The van der Waals surface area contributed by atoms with Crippen LogP contribution in [0.2, 0.25) is 0 Å². The number of nitrogens with one attached hydrogen (secondary N) is 1. The first-order valence-electron chi connectivity index (χ1n) is 20.2. The molecule has 4 fully saturated rings. The van der Waals surface area contributed by atoms with Crippen LogP contribution in [0.3, 0.4) is 0 Å². The van der Waals surface area contributed by atoms with Crippen LogP contribution in [-0.2, 0) is 30.2 Å². The van der Waals surface area contributed by atoms with Crippen molar-refractivity contribution in [3.8, 4) is 22.6 Å². The summed E-state index contributed by atoms with van der Waals surface area (Å²) in [7, 11) is 6.35. The molecule has 5 aromatic rings. The monoisotopic (exact) mass is 828 g/mol. The number of methoxy groups -OCH3 is 2. The van der Waals surface area contributed by atoms with Crippen LogP contribution in [0.4, 0.5) is 24.7 Å². The van der Waals surface area contributed by atoms with E-state index in [-0.39, 0.29) is 68.9 Å². The molecule has 0 saturated carbocycles. The number of rotatable bonds is 8. The number of hydrogen-bond donors (Lipinski definition) is 1. The highest BCUT2D eigenvalue weighted by molar-refractivity contribution is 6.01. The molecular weight excluding hydrogens is 782 g/mol. The van der Waals surface area contributed by atoms with Gasteiger partial charge in [0.25, 0.3) is 11.5 Å². The Morgan fingerprint density at radius 2 is 1.62 bits per heavy atom. The lowest BCUT2D eigenvalue weighted by atomic mass is 9.68. The minimum atomic E-state index is -3.01. The van der Waals surface area contributed by atoms with E-state index in [0.29, 0.717) is 75.4 Å². The fraction of sp³-hybridized carbons (Fsp3) is 0.465. The number of alkyl halides is 3. The number of piperidine rings is 3. The highest BCUT2D eigenvalue weighted by atomic mass is 19.3. The smallest absolute Gasteiger partial charge is 0.329 e. The van der Waals surface area contributed by atoms with Crippen LogP contribution in [0.1, 0.15) is 43.7 Å². The molecule has 4 saturated heterocycles. The largest absolute Gasteiger partial charge is 0.496 e. The van der Waals surface area contributed by atoms with Crippen molar-refractivity contribution in [2.75, 3.05) is 63.3 Å². The van der Waals surface area contributed by atoms with Crippen LogP contribution >= 0.6 is 0 Å². The molecule has 17 heteroatoms. The number of fused-ring (bicyclic) bond motifs is 2. The Morgan fingerprint density at radius 1 is 0.917 bits per heavy atom. The zero-order valence-electron chi connectivity index (χ0n) is 34.0. The van der Waals surface area contributed by atoms with Gasteiger partial charge in [-0.3, -0.25) is 33.7 Å². The second-order valence-electron chi connectivity index (χ2n) is 16.7. The lowest BCUT2D eigenvalue weighted by Crippen LogP contribution is -2.59. The molecule has 3 aromatic heterocycles. The number of amides is 2. The maximum atomic E-state index is 16.6. The van der Waals surface area contributed by atoms with E-state index in [2.05, 4.69) is 15.2 Å². The van der Waals surface area contributed by atoms with Gasteiger partial charge in [0.05, 0.1) is 61.5 Å². The van der Waals surface area contributed by atoms with Crippen LogP contribution in [-0.4, -0.2) is 101 Å². The Balaban J connectivity index is 0.942. The fourth-order valence-corrected chi connectivity index (χ4v) is 9.79. The van der Waals surface area contributed by atoms with E-state index in [9.17, 15) is 23.6 Å². The van der Waals surface area contributed by atoms with Gasteiger partial charge >= 0.3 is 5.69 Å². The number of aromatic nitrogens is 4. The number of para-hydroxylation sites is 1. The van der Waals surface area contributed by atoms with Crippen LogP contribution < -0.4 is 35.8 Å². The van der Waals surface area contributed by atoms with Gasteiger partial charge in [-0.15, -0.1) is 0 Å². The van der Waals surface area contributed by atoms with E-state index >= 15 is 8.78 Å². The number of halogens is 3. The van der Waals surface area contributed by atoms with Gasteiger partial charge in [-0.2, -0.15) is 0 Å². The van der Waals surface area contributed by atoms with Gasteiger partial charge in [0.1, 0.15) is 29.5 Å². The minimum absolute atomic E-state index is 0.130. The Kier molecular flexibility index (Phi) is 9.71. The Bertz CT molecular complexity index is 2650. The molecule has 1 atom stereocenters. The molecule has 14 nitrogen and oxygen atoms in total. The van der Waals surface area contributed by atoms with E-state index in [0.717, 1.165) is 5.69 Å². The SMILES string of the molecule is COc1cc(-c2cn(C)c(=O)c3cnc(N4CC(F)C4)cc23)cc(OC)c1CN1CCC2(CCN(c3cccc4c3n(C)c(=O)n4C3CCC(=O)NC3=O)CC2)C(F)(F)C1. The average Bonchev–Trinajstić information content (AvgIpc) is 3.48.